The summed E-state index contributed by atoms with van der Waals surface area (Å²) in [7, 11) is 3.77. The lowest BCUT2D eigenvalue weighted by Crippen LogP contribution is -2.40. The van der Waals surface area contributed by atoms with Gasteiger partial charge in [0.05, 0.1) is 19.4 Å². The number of benzene rings is 2. The molecule has 0 saturated carbocycles. The van der Waals surface area contributed by atoms with Crippen molar-refractivity contribution in [2.45, 2.75) is 25.3 Å². The molecular weight excluding hydrogens is 298 g/mol. The van der Waals surface area contributed by atoms with Gasteiger partial charge in [-0.1, -0.05) is 36.7 Å². The normalized spacial score (nSPS) is 18.7. The third-order valence-corrected chi connectivity index (χ3v) is 4.85. The van der Waals surface area contributed by atoms with Crippen LogP contribution in [0.15, 0.2) is 53.6 Å². The standard InChI is InChI=1S/C20H24N3O/c1-20(2)17-8-6-7-9-18(17)22(3)19(20)14-21-23(4)15-10-12-16(24-5)13-11-15/h6-14,19H,4H2,1-3,5H3/q+1. The van der Waals surface area contributed by atoms with Gasteiger partial charge in [-0.15, -0.1) is 0 Å². The van der Waals surface area contributed by atoms with Crippen molar-refractivity contribution in [1.29, 1.82) is 0 Å². The van der Waals surface area contributed by atoms with Gasteiger partial charge in [0.15, 0.2) is 6.72 Å². The number of hydrazone groups is 1. The lowest BCUT2D eigenvalue weighted by atomic mass is 9.81. The van der Waals surface area contributed by atoms with E-state index < -0.39 is 0 Å². The molecule has 0 radical (unpaired) electrons. The Balaban J connectivity index is 1.82. The zero-order chi connectivity index (χ0) is 17.3. The minimum Gasteiger partial charge on any atom is -0.497 e. The summed E-state index contributed by atoms with van der Waals surface area (Å²) in [4.78, 5) is 2.28. The van der Waals surface area contributed by atoms with Crippen molar-refractivity contribution in [3.63, 3.8) is 0 Å². The monoisotopic (exact) mass is 322 g/mol. The minimum atomic E-state index is -0.00437. The van der Waals surface area contributed by atoms with Gasteiger partial charge in [0.25, 0.3) is 0 Å². The summed E-state index contributed by atoms with van der Waals surface area (Å²) in [5, 5.41) is 4.58. The third-order valence-electron chi connectivity index (χ3n) is 4.85. The molecule has 4 nitrogen and oxygen atoms in total. The minimum absolute atomic E-state index is 0.00437. The van der Waals surface area contributed by atoms with Crippen molar-refractivity contribution < 1.29 is 9.42 Å². The van der Waals surface area contributed by atoms with E-state index in [1.165, 1.54) is 11.3 Å². The van der Waals surface area contributed by atoms with E-state index in [4.69, 9.17) is 4.74 Å². The highest BCUT2D eigenvalue weighted by atomic mass is 16.5. The highest BCUT2D eigenvalue weighted by molar-refractivity contribution is 5.79. The fourth-order valence-electron chi connectivity index (χ4n) is 3.37. The van der Waals surface area contributed by atoms with Gasteiger partial charge in [0.1, 0.15) is 5.75 Å². The number of methoxy groups -OCH3 is 1. The first-order valence-electron chi connectivity index (χ1n) is 8.06. The average molecular weight is 322 g/mol. The molecule has 1 atom stereocenters. The van der Waals surface area contributed by atoms with E-state index in [1.54, 1.807) is 11.8 Å². The van der Waals surface area contributed by atoms with Crippen LogP contribution in [0.25, 0.3) is 0 Å². The molecule has 0 aliphatic carbocycles. The molecule has 4 heteroatoms. The first-order chi connectivity index (χ1) is 11.4. The second-order valence-electron chi connectivity index (χ2n) is 6.66. The Kier molecular flexibility index (Phi) is 4.14. The third kappa shape index (κ3) is 2.68. The molecule has 0 N–H and O–H groups in total. The maximum Gasteiger partial charge on any atom is 0.237 e. The SMILES string of the molecule is C=[N+](N=CC1N(C)c2ccccc2C1(C)C)c1ccc(OC)cc1. The zero-order valence-corrected chi connectivity index (χ0v) is 14.7. The molecule has 1 aliphatic rings. The predicted molar refractivity (Wildman–Crippen MR) is 100 cm³/mol. The number of fused-ring (bicyclic) bond motifs is 1. The van der Waals surface area contributed by atoms with Gasteiger partial charge < -0.3 is 9.64 Å². The predicted octanol–water partition coefficient (Wildman–Crippen LogP) is 3.82. The molecule has 124 valence electrons. The van der Waals surface area contributed by atoms with Gasteiger partial charge in [0, 0.05) is 30.3 Å². The Hall–Kier alpha value is -2.62. The largest absolute Gasteiger partial charge is 0.497 e. The second-order valence-corrected chi connectivity index (χ2v) is 6.66. The van der Waals surface area contributed by atoms with Crippen LogP contribution in [0.3, 0.4) is 0 Å². The summed E-state index contributed by atoms with van der Waals surface area (Å²) in [6, 6.07) is 16.4. The second kappa shape index (κ2) is 6.11. The number of hydrogen-bond acceptors (Lipinski definition) is 3. The molecule has 0 amide bonds. The highest BCUT2D eigenvalue weighted by Gasteiger charge is 2.42. The van der Waals surface area contributed by atoms with Gasteiger partial charge in [-0.05, 0) is 28.9 Å². The number of para-hydroxylation sites is 1. The Morgan fingerprint density at radius 3 is 2.46 bits per heavy atom. The molecule has 2 aromatic rings. The summed E-state index contributed by atoms with van der Waals surface area (Å²) in [6.45, 7) is 8.54. The van der Waals surface area contributed by atoms with Crippen molar-refractivity contribution in [2.24, 2.45) is 5.10 Å². The number of anilines is 1. The quantitative estimate of drug-likeness (QED) is 0.486. The van der Waals surface area contributed by atoms with E-state index in [9.17, 15) is 0 Å². The van der Waals surface area contributed by atoms with Crippen molar-refractivity contribution in [3.8, 4) is 5.75 Å². The maximum atomic E-state index is 5.18. The zero-order valence-electron chi connectivity index (χ0n) is 14.7. The van der Waals surface area contributed by atoms with Crippen LogP contribution < -0.4 is 9.64 Å². The molecule has 0 aromatic heterocycles. The highest BCUT2D eigenvalue weighted by Crippen LogP contribution is 2.43. The van der Waals surface area contributed by atoms with Crippen LogP contribution >= 0.6 is 0 Å². The molecule has 1 unspecified atom stereocenters. The van der Waals surface area contributed by atoms with Crippen LogP contribution in [-0.4, -0.2) is 37.8 Å². The van der Waals surface area contributed by atoms with E-state index >= 15 is 0 Å². The summed E-state index contributed by atoms with van der Waals surface area (Å²) in [5.41, 5.74) is 3.53. The first kappa shape index (κ1) is 16.2. The van der Waals surface area contributed by atoms with Gasteiger partial charge in [0.2, 0.25) is 5.69 Å². The summed E-state index contributed by atoms with van der Waals surface area (Å²) >= 11 is 0. The number of nitrogens with zero attached hydrogens (tertiary/aromatic N) is 3. The van der Waals surface area contributed by atoms with Gasteiger partial charge in [-0.2, -0.15) is 0 Å². The Morgan fingerprint density at radius 1 is 1.17 bits per heavy atom. The number of ether oxygens (including phenoxy) is 1. The first-order valence-corrected chi connectivity index (χ1v) is 8.06. The van der Waals surface area contributed by atoms with E-state index in [0.717, 1.165) is 11.4 Å². The Bertz CT molecular complexity index is 778. The Morgan fingerprint density at radius 2 is 1.83 bits per heavy atom. The average Bonchev–Trinajstić information content (AvgIpc) is 2.80. The fraction of sp³-hybridized carbons (Fsp3) is 0.300. The van der Waals surface area contributed by atoms with Crippen molar-refractivity contribution in [3.05, 3.63) is 54.1 Å². The number of rotatable bonds is 4. The van der Waals surface area contributed by atoms with Crippen LogP contribution in [0.4, 0.5) is 11.4 Å². The van der Waals surface area contributed by atoms with Crippen LogP contribution in [0.2, 0.25) is 0 Å². The van der Waals surface area contributed by atoms with Crippen molar-refractivity contribution in [2.75, 3.05) is 19.1 Å². The Labute approximate surface area is 143 Å². The maximum absolute atomic E-state index is 5.18. The molecule has 1 heterocycles. The van der Waals surface area contributed by atoms with E-state index in [0.29, 0.717) is 0 Å². The molecule has 0 saturated heterocycles. The van der Waals surface area contributed by atoms with Crippen LogP contribution in [0, 0.1) is 0 Å². The lowest BCUT2D eigenvalue weighted by molar-refractivity contribution is -0.435. The van der Waals surface area contributed by atoms with Crippen LogP contribution in [-0.2, 0) is 5.41 Å². The molecule has 0 spiro atoms. The summed E-state index contributed by atoms with van der Waals surface area (Å²) in [6.07, 6.45) is 1.98. The molecule has 0 fully saturated rings. The number of likely N-dealkylation sites (N-methyl/N-ethyl adjacent to an activating group) is 1. The van der Waals surface area contributed by atoms with Gasteiger partial charge in [-0.25, -0.2) is 0 Å². The summed E-state index contributed by atoms with van der Waals surface area (Å²) in [5.74, 6) is 0.822. The lowest BCUT2D eigenvalue weighted by Gasteiger charge is -2.28. The topological polar surface area (TPSA) is 27.8 Å². The molecule has 2 aromatic carbocycles. The van der Waals surface area contributed by atoms with E-state index in [1.807, 2.05) is 30.5 Å². The van der Waals surface area contributed by atoms with Crippen molar-refractivity contribution in [1.82, 2.24) is 0 Å². The van der Waals surface area contributed by atoms with E-state index in [-0.39, 0.29) is 11.5 Å². The summed E-state index contributed by atoms with van der Waals surface area (Å²) < 4.78 is 6.83. The molecule has 24 heavy (non-hydrogen) atoms. The van der Waals surface area contributed by atoms with Crippen LogP contribution in [0.1, 0.15) is 19.4 Å². The fourth-order valence-corrected chi connectivity index (χ4v) is 3.37. The molecule has 0 bridgehead atoms. The molecular formula is C20H24N3O+. The van der Waals surface area contributed by atoms with Gasteiger partial charge in [-0.3, -0.25) is 0 Å². The molecule has 3 rings (SSSR count). The van der Waals surface area contributed by atoms with Gasteiger partial charge >= 0.3 is 0 Å². The van der Waals surface area contributed by atoms with Crippen molar-refractivity contribution >= 4 is 24.3 Å². The smallest absolute Gasteiger partial charge is 0.237 e. The molecule has 1 aliphatic heterocycles. The van der Waals surface area contributed by atoms with Crippen LogP contribution in [0.5, 0.6) is 5.75 Å². The van der Waals surface area contributed by atoms with E-state index in [2.05, 4.69) is 61.9 Å². The number of hydrogen-bond donors (Lipinski definition) is 0.